The van der Waals surface area contributed by atoms with E-state index in [0.717, 1.165) is 25.3 Å². The van der Waals surface area contributed by atoms with Gasteiger partial charge in [-0.1, -0.05) is 45.4 Å². The molecule has 0 radical (unpaired) electrons. The fourth-order valence-corrected chi connectivity index (χ4v) is 2.95. The molecule has 100 valence electrons. The van der Waals surface area contributed by atoms with Gasteiger partial charge in [0.15, 0.2) is 0 Å². The average molecular weight is 247 g/mol. The second-order valence-corrected chi connectivity index (χ2v) is 5.24. The van der Waals surface area contributed by atoms with E-state index in [0.29, 0.717) is 12.0 Å². The van der Waals surface area contributed by atoms with Crippen molar-refractivity contribution in [2.75, 3.05) is 13.2 Å². The zero-order valence-corrected chi connectivity index (χ0v) is 11.8. The predicted molar refractivity (Wildman–Crippen MR) is 76.1 cm³/mol. The van der Waals surface area contributed by atoms with Crippen molar-refractivity contribution in [3.63, 3.8) is 0 Å². The first-order chi connectivity index (χ1) is 8.77. The Kier molecular flexibility index (Phi) is 4.65. The minimum atomic E-state index is 0.419. The van der Waals surface area contributed by atoms with Gasteiger partial charge in [-0.15, -0.1) is 0 Å². The number of benzene rings is 1. The average Bonchev–Trinajstić information content (AvgIpc) is 2.84. The molecule has 0 bridgehead atoms. The van der Waals surface area contributed by atoms with Gasteiger partial charge in [-0.3, -0.25) is 0 Å². The highest BCUT2D eigenvalue weighted by molar-refractivity contribution is 5.45. The molecule has 1 heterocycles. The van der Waals surface area contributed by atoms with Crippen molar-refractivity contribution in [3.8, 4) is 5.75 Å². The van der Waals surface area contributed by atoms with Gasteiger partial charge in [-0.25, -0.2) is 0 Å². The van der Waals surface area contributed by atoms with Gasteiger partial charge in [0.1, 0.15) is 5.75 Å². The molecule has 2 rings (SSSR count). The quantitative estimate of drug-likeness (QED) is 0.827. The number of rotatable bonds is 6. The van der Waals surface area contributed by atoms with Crippen LogP contribution in [0.3, 0.4) is 0 Å². The van der Waals surface area contributed by atoms with E-state index in [2.05, 4.69) is 44.3 Å². The van der Waals surface area contributed by atoms with Crippen molar-refractivity contribution >= 4 is 0 Å². The first kappa shape index (κ1) is 13.4. The molecule has 2 heteroatoms. The minimum absolute atomic E-state index is 0.419. The van der Waals surface area contributed by atoms with Crippen LogP contribution in [0, 0.1) is 5.92 Å². The number of hydrogen-bond acceptors (Lipinski definition) is 2. The monoisotopic (exact) mass is 247 g/mol. The van der Waals surface area contributed by atoms with E-state index in [1.54, 1.807) is 0 Å². The third-order valence-corrected chi connectivity index (χ3v) is 3.82. The summed E-state index contributed by atoms with van der Waals surface area (Å²) in [6.07, 6.45) is 3.55. The van der Waals surface area contributed by atoms with Gasteiger partial charge >= 0.3 is 0 Å². The molecule has 0 aliphatic carbocycles. The number of fused-ring (bicyclic) bond motifs is 1. The van der Waals surface area contributed by atoms with E-state index < -0.39 is 0 Å². The summed E-state index contributed by atoms with van der Waals surface area (Å²) < 4.78 is 5.85. The van der Waals surface area contributed by atoms with E-state index >= 15 is 0 Å². The van der Waals surface area contributed by atoms with Crippen molar-refractivity contribution in [1.29, 1.82) is 0 Å². The molecule has 1 aliphatic rings. The topological polar surface area (TPSA) is 21.3 Å². The highest BCUT2D eigenvalue weighted by Gasteiger charge is 2.25. The third-order valence-electron chi connectivity index (χ3n) is 3.82. The Hall–Kier alpha value is -1.02. The summed E-state index contributed by atoms with van der Waals surface area (Å²) >= 11 is 0. The Labute approximate surface area is 111 Å². The first-order valence-corrected chi connectivity index (χ1v) is 7.25. The van der Waals surface area contributed by atoms with E-state index in [-0.39, 0.29) is 0 Å². The zero-order valence-electron chi connectivity index (χ0n) is 11.8. The SMILES string of the molecule is CCCC(C)C(NCC)c1cccc2c1OCC2. The predicted octanol–water partition coefficient (Wildman–Crippen LogP) is 3.71. The van der Waals surface area contributed by atoms with Gasteiger partial charge in [0.2, 0.25) is 0 Å². The molecule has 0 aromatic heterocycles. The standard InChI is InChI=1S/C16H25NO/c1-4-7-12(3)15(17-5-2)14-9-6-8-13-10-11-18-16(13)14/h6,8-9,12,15,17H,4-5,7,10-11H2,1-3H3. The molecule has 1 aromatic rings. The summed E-state index contributed by atoms with van der Waals surface area (Å²) in [5, 5.41) is 3.63. The second-order valence-electron chi connectivity index (χ2n) is 5.24. The molecule has 0 saturated carbocycles. The Morgan fingerprint density at radius 1 is 1.33 bits per heavy atom. The Morgan fingerprint density at radius 2 is 2.17 bits per heavy atom. The molecule has 2 nitrogen and oxygen atoms in total. The van der Waals surface area contributed by atoms with Crippen LogP contribution in [0.4, 0.5) is 0 Å². The summed E-state index contributed by atoms with van der Waals surface area (Å²) in [6.45, 7) is 8.61. The lowest BCUT2D eigenvalue weighted by molar-refractivity contribution is 0.327. The Bertz CT molecular complexity index is 389. The van der Waals surface area contributed by atoms with Crippen LogP contribution in [-0.2, 0) is 6.42 Å². The summed E-state index contributed by atoms with van der Waals surface area (Å²) in [7, 11) is 0. The fourth-order valence-electron chi connectivity index (χ4n) is 2.95. The molecule has 18 heavy (non-hydrogen) atoms. The molecule has 2 unspecified atom stereocenters. The molecule has 1 aromatic carbocycles. The zero-order chi connectivity index (χ0) is 13.0. The van der Waals surface area contributed by atoms with Crippen molar-refractivity contribution in [2.24, 2.45) is 5.92 Å². The summed E-state index contributed by atoms with van der Waals surface area (Å²) in [5.74, 6) is 1.79. The van der Waals surface area contributed by atoms with E-state index in [4.69, 9.17) is 4.74 Å². The highest BCUT2D eigenvalue weighted by Crippen LogP contribution is 2.37. The molecule has 1 aliphatic heterocycles. The lowest BCUT2D eigenvalue weighted by Gasteiger charge is -2.26. The normalized spacial score (nSPS) is 17.1. The lowest BCUT2D eigenvalue weighted by atomic mass is 9.89. The maximum atomic E-state index is 5.85. The molecular weight excluding hydrogens is 222 g/mol. The maximum Gasteiger partial charge on any atom is 0.127 e. The van der Waals surface area contributed by atoms with Crippen LogP contribution >= 0.6 is 0 Å². The summed E-state index contributed by atoms with van der Waals surface area (Å²) in [4.78, 5) is 0. The van der Waals surface area contributed by atoms with Gasteiger partial charge in [0.05, 0.1) is 6.61 Å². The highest BCUT2D eigenvalue weighted by atomic mass is 16.5. The molecule has 1 N–H and O–H groups in total. The Morgan fingerprint density at radius 3 is 2.89 bits per heavy atom. The largest absolute Gasteiger partial charge is 0.493 e. The van der Waals surface area contributed by atoms with Crippen molar-refractivity contribution in [2.45, 2.75) is 46.1 Å². The number of nitrogens with one attached hydrogen (secondary N) is 1. The lowest BCUT2D eigenvalue weighted by Crippen LogP contribution is -2.27. The molecule has 0 saturated heterocycles. The molecule has 2 atom stereocenters. The van der Waals surface area contributed by atoms with Crippen LogP contribution in [0.1, 0.15) is 50.8 Å². The van der Waals surface area contributed by atoms with Crippen LogP contribution < -0.4 is 10.1 Å². The van der Waals surface area contributed by atoms with Gasteiger partial charge in [0, 0.05) is 18.0 Å². The van der Waals surface area contributed by atoms with Crippen LogP contribution in [-0.4, -0.2) is 13.2 Å². The van der Waals surface area contributed by atoms with Gasteiger partial charge in [0.25, 0.3) is 0 Å². The van der Waals surface area contributed by atoms with Crippen LogP contribution in [0.5, 0.6) is 5.75 Å². The second kappa shape index (κ2) is 6.24. The van der Waals surface area contributed by atoms with Crippen LogP contribution in [0.15, 0.2) is 18.2 Å². The first-order valence-electron chi connectivity index (χ1n) is 7.25. The van der Waals surface area contributed by atoms with E-state index in [1.165, 1.54) is 24.0 Å². The third kappa shape index (κ3) is 2.69. The summed E-state index contributed by atoms with van der Waals surface area (Å²) in [6, 6.07) is 7.01. The van der Waals surface area contributed by atoms with Gasteiger partial charge in [-0.2, -0.15) is 0 Å². The molecular formula is C16H25NO. The number of para-hydroxylation sites is 1. The van der Waals surface area contributed by atoms with Crippen molar-refractivity contribution < 1.29 is 4.74 Å². The maximum absolute atomic E-state index is 5.85. The molecule has 0 fully saturated rings. The summed E-state index contributed by atoms with van der Waals surface area (Å²) in [5.41, 5.74) is 2.73. The molecule has 0 spiro atoms. The van der Waals surface area contributed by atoms with Crippen molar-refractivity contribution in [3.05, 3.63) is 29.3 Å². The minimum Gasteiger partial charge on any atom is -0.493 e. The fraction of sp³-hybridized carbons (Fsp3) is 0.625. The van der Waals surface area contributed by atoms with Gasteiger partial charge < -0.3 is 10.1 Å². The number of hydrogen-bond donors (Lipinski definition) is 1. The number of ether oxygens (including phenoxy) is 1. The molecule has 0 amide bonds. The van der Waals surface area contributed by atoms with Crippen LogP contribution in [0.25, 0.3) is 0 Å². The van der Waals surface area contributed by atoms with Crippen molar-refractivity contribution in [1.82, 2.24) is 5.32 Å². The van der Waals surface area contributed by atoms with Gasteiger partial charge in [-0.05, 0) is 24.4 Å². The van der Waals surface area contributed by atoms with Crippen LogP contribution in [0.2, 0.25) is 0 Å². The van der Waals surface area contributed by atoms with E-state index in [9.17, 15) is 0 Å². The smallest absolute Gasteiger partial charge is 0.127 e. The van der Waals surface area contributed by atoms with E-state index in [1.807, 2.05) is 0 Å². The Balaban J connectivity index is 2.28.